The van der Waals surface area contributed by atoms with Crippen molar-refractivity contribution in [2.75, 3.05) is 36.5 Å². The molecule has 0 saturated carbocycles. The van der Waals surface area contributed by atoms with Crippen molar-refractivity contribution in [3.05, 3.63) is 35.3 Å². The van der Waals surface area contributed by atoms with Gasteiger partial charge in [-0.25, -0.2) is 14.5 Å². The van der Waals surface area contributed by atoms with Gasteiger partial charge in [0.25, 0.3) is 0 Å². The molecule has 0 amide bonds. The molecule has 1 aliphatic heterocycles. The Hall–Kier alpha value is -2.53. The van der Waals surface area contributed by atoms with Crippen LogP contribution >= 0.6 is 15.9 Å². The van der Waals surface area contributed by atoms with Crippen molar-refractivity contribution < 1.29 is 18.3 Å². The van der Waals surface area contributed by atoms with Gasteiger partial charge < -0.3 is 19.7 Å². The Kier molecular flexibility index (Phi) is 5.03. The number of nitrogens with zero attached hydrogens (tertiary/aromatic N) is 5. The Bertz CT molecular complexity index is 948. The van der Waals surface area contributed by atoms with E-state index in [1.165, 1.54) is 12.4 Å². The lowest BCUT2D eigenvalue weighted by molar-refractivity contribution is -0.0495. The molecule has 0 atom stereocenters. The Morgan fingerprint density at radius 1 is 1.26 bits per heavy atom. The van der Waals surface area contributed by atoms with Crippen molar-refractivity contribution in [2.45, 2.75) is 6.61 Å². The molecule has 1 aliphatic rings. The molecular formula is C16H15BrF2N6O2. The molecule has 0 radical (unpaired) electrons. The molecule has 0 unspecified atom stereocenters. The fraction of sp³-hybridized carbons (Fsp3) is 0.312. The summed E-state index contributed by atoms with van der Waals surface area (Å²) in [6, 6.07) is 5.04. The highest BCUT2D eigenvalue weighted by Crippen LogP contribution is 2.34. The van der Waals surface area contributed by atoms with Crippen LogP contribution < -0.4 is 15.0 Å². The van der Waals surface area contributed by atoms with Crippen molar-refractivity contribution >= 4 is 38.8 Å². The summed E-state index contributed by atoms with van der Waals surface area (Å²) in [7, 11) is 0. The Morgan fingerprint density at radius 2 is 2.07 bits per heavy atom. The minimum atomic E-state index is -2.92. The molecule has 1 fully saturated rings. The molecule has 11 heteroatoms. The van der Waals surface area contributed by atoms with Gasteiger partial charge in [0.2, 0.25) is 0 Å². The lowest BCUT2D eigenvalue weighted by Gasteiger charge is -2.30. The van der Waals surface area contributed by atoms with Gasteiger partial charge in [-0.05, 0) is 28.1 Å². The maximum absolute atomic E-state index is 12.9. The molecule has 1 N–H and O–H groups in total. The van der Waals surface area contributed by atoms with Gasteiger partial charge in [0.1, 0.15) is 10.9 Å². The lowest BCUT2D eigenvalue weighted by atomic mass is 10.2. The molecule has 27 heavy (non-hydrogen) atoms. The molecule has 3 aromatic rings. The second kappa shape index (κ2) is 7.61. The van der Waals surface area contributed by atoms with E-state index in [0.717, 1.165) is 0 Å². The van der Waals surface area contributed by atoms with Crippen LogP contribution in [0.3, 0.4) is 0 Å². The van der Waals surface area contributed by atoms with Crippen LogP contribution in [0.4, 0.5) is 26.0 Å². The predicted molar refractivity (Wildman–Crippen MR) is 97.9 cm³/mol. The molecule has 4 rings (SSSR count). The average Bonchev–Trinajstić information content (AvgIpc) is 3.11. The van der Waals surface area contributed by atoms with Crippen LogP contribution in [-0.2, 0) is 4.74 Å². The Morgan fingerprint density at radius 3 is 2.85 bits per heavy atom. The highest BCUT2D eigenvalue weighted by molar-refractivity contribution is 9.10. The number of aromatic nitrogens is 4. The molecule has 2 aromatic heterocycles. The second-order valence-electron chi connectivity index (χ2n) is 5.73. The zero-order valence-corrected chi connectivity index (χ0v) is 15.6. The number of anilines is 3. The number of nitrogens with one attached hydrogen (secondary N) is 1. The average molecular weight is 441 g/mol. The molecule has 1 saturated heterocycles. The number of morpholine rings is 1. The second-order valence-corrected chi connectivity index (χ2v) is 6.54. The molecule has 3 heterocycles. The summed E-state index contributed by atoms with van der Waals surface area (Å²) in [5.41, 5.74) is 1.64. The summed E-state index contributed by atoms with van der Waals surface area (Å²) in [4.78, 5) is 10.4. The molecule has 0 bridgehead atoms. The van der Waals surface area contributed by atoms with Crippen LogP contribution in [0.2, 0.25) is 0 Å². The first-order valence-electron chi connectivity index (χ1n) is 8.14. The number of hydrogen-bond acceptors (Lipinski definition) is 7. The third-order valence-electron chi connectivity index (χ3n) is 4.02. The number of hydrogen-bond donors (Lipinski definition) is 1. The summed E-state index contributed by atoms with van der Waals surface area (Å²) >= 11 is 3.31. The molecular weight excluding hydrogens is 426 g/mol. The lowest BCUT2D eigenvalue weighted by Crippen LogP contribution is -2.36. The minimum Gasteiger partial charge on any atom is -0.433 e. The van der Waals surface area contributed by atoms with E-state index in [2.05, 4.69) is 36.3 Å². The summed E-state index contributed by atoms with van der Waals surface area (Å²) < 4.78 is 38.0. The van der Waals surface area contributed by atoms with Crippen molar-refractivity contribution in [2.24, 2.45) is 0 Å². The molecule has 0 aliphatic carbocycles. The number of ether oxygens (including phenoxy) is 2. The maximum Gasteiger partial charge on any atom is 0.387 e. The summed E-state index contributed by atoms with van der Waals surface area (Å²) in [6.07, 6.45) is 3.07. The van der Waals surface area contributed by atoms with Gasteiger partial charge in [-0.1, -0.05) is 0 Å². The number of halogens is 3. The quantitative estimate of drug-likeness (QED) is 0.652. The third kappa shape index (κ3) is 3.93. The largest absolute Gasteiger partial charge is 0.433 e. The van der Waals surface area contributed by atoms with Crippen molar-refractivity contribution in [3.63, 3.8) is 0 Å². The Labute approximate surface area is 161 Å². The number of rotatable bonds is 5. The van der Waals surface area contributed by atoms with Crippen LogP contribution in [0.25, 0.3) is 5.65 Å². The Balaban J connectivity index is 1.67. The normalized spacial score (nSPS) is 14.7. The first-order chi connectivity index (χ1) is 13.1. The van der Waals surface area contributed by atoms with Crippen LogP contribution in [0.1, 0.15) is 0 Å². The number of alkyl halides is 2. The van der Waals surface area contributed by atoms with Gasteiger partial charge in [0, 0.05) is 24.8 Å². The van der Waals surface area contributed by atoms with E-state index < -0.39 is 6.61 Å². The van der Waals surface area contributed by atoms with Crippen LogP contribution in [0, 0.1) is 0 Å². The summed E-state index contributed by atoms with van der Waals surface area (Å²) in [6.45, 7) is -0.617. The SMILES string of the molecule is FC(F)Oc1cc(Nc2nc(Br)cn3ncnc23)ccc1N1CCOCC1. The monoisotopic (exact) mass is 440 g/mol. The number of benzene rings is 1. The van der Waals surface area contributed by atoms with E-state index in [4.69, 9.17) is 9.47 Å². The zero-order chi connectivity index (χ0) is 18.8. The highest BCUT2D eigenvalue weighted by atomic mass is 79.9. The fourth-order valence-electron chi connectivity index (χ4n) is 2.87. The van der Waals surface area contributed by atoms with Gasteiger partial charge in [-0.15, -0.1) is 0 Å². The first-order valence-corrected chi connectivity index (χ1v) is 8.94. The van der Waals surface area contributed by atoms with E-state index in [1.807, 2.05) is 4.90 Å². The standard InChI is InChI=1S/C16H15BrF2N6O2/c17-13-8-25-15(20-9-21-25)14(23-13)22-10-1-2-11(12(7-10)27-16(18)19)24-3-5-26-6-4-24/h1-2,7-9,16H,3-6H2,(H,22,23). The van der Waals surface area contributed by atoms with E-state index in [9.17, 15) is 8.78 Å². The van der Waals surface area contributed by atoms with E-state index in [1.54, 1.807) is 22.8 Å². The molecule has 1 aromatic carbocycles. The van der Waals surface area contributed by atoms with Gasteiger partial charge in [0.15, 0.2) is 17.2 Å². The van der Waals surface area contributed by atoms with E-state index in [-0.39, 0.29) is 5.75 Å². The van der Waals surface area contributed by atoms with Crippen LogP contribution in [-0.4, -0.2) is 52.5 Å². The molecule has 8 nitrogen and oxygen atoms in total. The van der Waals surface area contributed by atoms with Crippen molar-refractivity contribution in [3.8, 4) is 5.75 Å². The van der Waals surface area contributed by atoms with Crippen LogP contribution in [0.5, 0.6) is 5.75 Å². The smallest absolute Gasteiger partial charge is 0.387 e. The molecule has 142 valence electrons. The highest BCUT2D eigenvalue weighted by Gasteiger charge is 2.19. The minimum absolute atomic E-state index is 0.0874. The van der Waals surface area contributed by atoms with Crippen molar-refractivity contribution in [1.82, 2.24) is 19.6 Å². The first kappa shape index (κ1) is 17.9. The van der Waals surface area contributed by atoms with Gasteiger partial charge in [-0.3, -0.25) is 0 Å². The topological polar surface area (TPSA) is 76.8 Å². The maximum atomic E-state index is 12.9. The number of fused-ring (bicyclic) bond motifs is 1. The third-order valence-corrected chi connectivity index (χ3v) is 4.40. The van der Waals surface area contributed by atoms with Gasteiger partial charge >= 0.3 is 6.61 Å². The fourth-order valence-corrected chi connectivity index (χ4v) is 3.24. The predicted octanol–water partition coefficient (Wildman–Crippen LogP) is 3.07. The van der Waals surface area contributed by atoms with E-state index in [0.29, 0.717) is 53.7 Å². The van der Waals surface area contributed by atoms with Gasteiger partial charge in [0.05, 0.1) is 25.1 Å². The summed E-state index contributed by atoms with van der Waals surface area (Å²) in [5.74, 6) is 0.522. The zero-order valence-electron chi connectivity index (χ0n) is 14.0. The molecule has 0 spiro atoms. The van der Waals surface area contributed by atoms with Crippen LogP contribution in [0.15, 0.2) is 35.3 Å². The van der Waals surface area contributed by atoms with Gasteiger partial charge in [-0.2, -0.15) is 13.9 Å². The van der Waals surface area contributed by atoms with E-state index >= 15 is 0 Å². The van der Waals surface area contributed by atoms with Crippen molar-refractivity contribution in [1.29, 1.82) is 0 Å². The summed E-state index contributed by atoms with van der Waals surface area (Å²) in [5, 5.41) is 7.15.